The Morgan fingerprint density at radius 1 is 0.912 bits per heavy atom. The normalized spacial score (nSPS) is 11.2. The minimum atomic E-state index is -0.489. The van der Waals surface area contributed by atoms with Gasteiger partial charge in [0.15, 0.2) is 0 Å². The first kappa shape index (κ1) is 21.3. The van der Waals surface area contributed by atoms with Crippen molar-refractivity contribution in [3.05, 3.63) is 114 Å². The maximum Gasteiger partial charge on any atom is 0.373 e. The number of fused-ring (bicyclic) bond motifs is 1. The fourth-order valence-corrected chi connectivity index (χ4v) is 3.72. The van der Waals surface area contributed by atoms with Crippen molar-refractivity contribution in [3.8, 4) is 11.5 Å². The average Bonchev–Trinajstić information content (AvgIpc) is 3.49. The number of esters is 1. The summed E-state index contributed by atoms with van der Waals surface area (Å²) in [6.45, 7) is 0.483. The van der Waals surface area contributed by atoms with Crippen molar-refractivity contribution in [1.82, 2.24) is 4.57 Å². The molecule has 0 aliphatic heterocycles. The Bertz CT molecular complexity index is 1450. The molecule has 5 rings (SSSR count). The topological polar surface area (TPSA) is 66.0 Å². The van der Waals surface area contributed by atoms with Gasteiger partial charge in [-0.25, -0.2) is 4.79 Å². The average molecular weight is 450 g/mol. The summed E-state index contributed by atoms with van der Waals surface area (Å²) in [7, 11) is 1.33. The van der Waals surface area contributed by atoms with Gasteiger partial charge in [0.1, 0.15) is 17.3 Å². The smallest absolute Gasteiger partial charge is 0.373 e. The third-order valence-electron chi connectivity index (χ3n) is 5.36. The van der Waals surface area contributed by atoms with E-state index in [1.165, 1.54) is 7.11 Å². The fourth-order valence-electron chi connectivity index (χ4n) is 3.72. The molecular weight excluding hydrogens is 428 g/mol. The Labute approximate surface area is 196 Å². The van der Waals surface area contributed by atoms with Crippen LogP contribution in [-0.4, -0.2) is 23.9 Å². The van der Waals surface area contributed by atoms with Crippen LogP contribution in [0.2, 0.25) is 0 Å². The van der Waals surface area contributed by atoms with Crippen molar-refractivity contribution in [2.24, 2.45) is 4.99 Å². The van der Waals surface area contributed by atoms with E-state index in [0.29, 0.717) is 12.3 Å². The Morgan fingerprint density at radius 3 is 2.44 bits per heavy atom. The highest BCUT2D eigenvalue weighted by atomic mass is 16.5. The molecule has 168 valence electrons. The van der Waals surface area contributed by atoms with Crippen LogP contribution in [0.4, 0.5) is 5.69 Å². The van der Waals surface area contributed by atoms with Crippen LogP contribution in [0.1, 0.15) is 21.9 Å². The number of aromatic nitrogens is 1. The molecule has 0 saturated carbocycles. The molecule has 0 bridgehead atoms. The minimum absolute atomic E-state index is 0.190. The molecule has 34 heavy (non-hydrogen) atoms. The molecular formula is C28H22N2O4. The molecule has 0 amide bonds. The maximum atomic E-state index is 11.7. The van der Waals surface area contributed by atoms with Crippen molar-refractivity contribution < 1.29 is 18.7 Å². The summed E-state index contributed by atoms with van der Waals surface area (Å²) >= 11 is 0. The van der Waals surface area contributed by atoms with Crippen LogP contribution >= 0.6 is 0 Å². The molecule has 0 atom stereocenters. The molecule has 5 aromatic rings. The number of carbonyl (C=O) groups excluding carboxylic acids is 1. The molecule has 6 nitrogen and oxygen atoms in total. The summed E-state index contributed by atoms with van der Waals surface area (Å²) in [5, 5.41) is 1.08. The SMILES string of the molecule is COC(=O)c1ccc(Cn2cc(C=Nc3ccc(Oc4ccccc4)cc3)c3ccccc32)o1. The highest BCUT2D eigenvalue weighted by Crippen LogP contribution is 2.25. The van der Waals surface area contributed by atoms with Crippen LogP contribution in [0.25, 0.3) is 10.9 Å². The molecule has 0 unspecified atom stereocenters. The largest absolute Gasteiger partial charge is 0.463 e. The molecule has 0 aliphatic rings. The highest BCUT2D eigenvalue weighted by Gasteiger charge is 2.13. The third-order valence-corrected chi connectivity index (χ3v) is 5.36. The Morgan fingerprint density at radius 2 is 1.65 bits per heavy atom. The van der Waals surface area contributed by atoms with Gasteiger partial charge in [-0.2, -0.15) is 0 Å². The van der Waals surface area contributed by atoms with Crippen LogP contribution < -0.4 is 4.74 Å². The van der Waals surface area contributed by atoms with Gasteiger partial charge in [-0.3, -0.25) is 4.99 Å². The molecule has 2 aromatic heterocycles. The molecule has 0 spiro atoms. The van der Waals surface area contributed by atoms with Crippen molar-refractivity contribution in [2.75, 3.05) is 7.11 Å². The molecule has 0 saturated heterocycles. The molecule has 3 aromatic carbocycles. The van der Waals surface area contributed by atoms with Crippen LogP contribution in [0, 0.1) is 0 Å². The zero-order chi connectivity index (χ0) is 23.3. The molecule has 2 heterocycles. The number of methoxy groups -OCH3 is 1. The predicted octanol–water partition coefficient (Wildman–Crippen LogP) is 6.61. The van der Waals surface area contributed by atoms with E-state index in [0.717, 1.165) is 33.7 Å². The van der Waals surface area contributed by atoms with Crippen LogP contribution in [0.15, 0.2) is 107 Å². The summed E-state index contributed by atoms with van der Waals surface area (Å²) in [6, 6.07) is 28.8. The van der Waals surface area contributed by atoms with Gasteiger partial charge in [-0.15, -0.1) is 0 Å². The van der Waals surface area contributed by atoms with E-state index in [2.05, 4.69) is 15.6 Å². The molecule has 0 radical (unpaired) electrons. The Balaban J connectivity index is 1.36. The van der Waals surface area contributed by atoms with Gasteiger partial charge in [0, 0.05) is 28.9 Å². The van der Waals surface area contributed by atoms with E-state index in [1.54, 1.807) is 12.1 Å². The zero-order valence-electron chi connectivity index (χ0n) is 18.5. The summed E-state index contributed by atoms with van der Waals surface area (Å²) in [5.41, 5.74) is 2.86. The fraction of sp³-hybridized carbons (Fsp3) is 0.0714. The second-order valence-corrected chi connectivity index (χ2v) is 7.65. The van der Waals surface area contributed by atoms with Gasteiger partial charge in [-0.1, -0.05) is 36.4 Å². The summed E-state index contributed by atoms with van der Waals surface area (Å²) in [5.74, 6) is 1.92. The number of ether oxygens (including phenoxy) is 2. The van der Waals surface area contributed by atoms with Crippen LogP contribution in [0.3, 0.4) is 0 Å². The maximum absolute atomic E-state index is 11.7. The number of para-hydroxylation sites is 2. The van der Waals surface area contributed by atoms with E-state index >= 15 is 0 Å². The van der Waals surface area contributed by atoms with E-state index in [4.69, 9.17) is 13.9 Å². The lowest BCUT2D eigenvalue weighted by molar-refractivity contribution is 0.0563. The second-order valence-electron chi connectivity index (χ2n) is 7.65. The summed E-state index contributed by atoms with van der Waals surface area (Å²) < 4.78 is 18.3. The monoisotopic (exact) mass is 450 g/mol. The predicted molar refractivity (Wildman–Crippen MR) is 131 cm³/mol. The molecule has 0 fully saturated rings. The Kier molecular flexibility index (Phi) is 5.95. The van der Waals surface area contributed by atoms with Gasteiger partial charge in [0.05, 0.1) is 19.3 Å². The number of hydrogen-bond donors (Lipinski definition) is 0. The lowest BCUT2D eigenvalue weighted by Crippen LogP contribution is -1.99. The molecule has 6 heteroatoms. The third kappa shape index (κ3) is 4.61. The van der Waals surface area contributed by atoms with Gasteiger partial charge in [0.2, 0.25) is 5.76 Å². The van der Waals surface area contributed by atoms with Gasteiger partial charge in [-0.05, 0) is 54.6 Å². The lowest BCUT2D eigenvalue weighted by Gasteiger charge is -2.05. The second kappa shape index (κ2) is 9.50. The first-order valence-corrected chi connectivity index (χ1v) is 10.8. The van der Waals surface area contributed by atoms with E-state index in [-0.39, 0.29) is 5.76 Å². The van der Waals surface area contributed by atoms with E-state index in [1.807, 2.05) is 85.2 Å². The number of aliphatic imine (C=N–C) groups is 1. The minimum Gasteiger partial charge on any atom is -0.463 e. The van der Waals surface area contributed by atoms with Crippen molar-refractivity contribution in [3.63, 3.8) is 0 Å². The number of carbonyl (C=O) groups is 1. The van der Waals surface area contributed by atoms with Gasteiger partial charge < -0.3 is 18.5 Å². The number of furan rings is 1. The lowest BCUT2D eigenvalue weighted by atomic mass is 10.2. The number of rotatable bonds is 7. The van der Waals surface area contributed by atoms with Crippen molar-refractivity contribution in [2.45, 2.75) is 6.54 Å². The standard InChI is InChI=1S/C28H22N2O4/c1-32-28(31)27-16-15-24(34-27)19-30-18-20(25-9-5-6-10-26(25)30)17-29-21-11-13-23(14-12-21)33-22-7-3-2-4-8-22/h2-18H,19H2,1H3. The summed E-state index contributed by atoms with van der Waals surface area (Å²) in [6.07, 6.45) is 3.88. The first-order valence-electron chi connectivity index (χ1n) is 10.8. The number of hydrogen-bond acceptors (Lipinski definition) is 5. The molecule has 0 aliphatic carbocycles. The van der Waals surface area contributed by atoms with Crippen LogP contribution in [0.5, 0.6) is 11.5 Å². The Hall–Kier alpha value is -4.58. The van der Waals surface area contributed by atoms with Crippen molar-refractivity contribution in [1.29, 1.82) is 0 Å². The summed E-state index contributed by atoms with van der Waals surface area (Å²) in [4.78, 5) is 16.3. The number of benzene rings is 3. The first-order chi connectivity index (χ1) is 16.7. The van der Waals surface area contributed by atoms with E-state index < -0.39 is 5.97 Å². The quantitative estimate of drug-likeness (QED) is 0.207. The number of nitrogens with zero attached hydrogens (tertiary/aromatic N) is 2. The zero-order valence-corrected chi connectivity index (χ0v) is 18.5. The van der Waals surface area contributed by atoms with Gasteiger partial charge >= 0.3 is 5.97 Å². The highest BCUT2D eigenvalue weighted by molar-refractivity contribution is 6.00. The van der Waals surface area contributed by atoms with Gasteiger partial charge in [0.25, 0.3) is 0 Å². The molecule has 0 N–H and O–H groups in total. The van der Waals surface area contributed by atoms with Crippen LogP contribution in [-0.2, 0) is 11.3 Å². The van der Waals surface area contributed by atoms with Crippen molar-refractivity contribution >= 4 is 28.8 Å². The van der Waals surface area contributed by atoms with E-state index in [9.17, 15) is 4.79 Å².